The molecule has 0 amide bonds. The second-order valence-corrected chi connectivity index (χ2v) is 4.26. The van der Waals surface area contributed by atoms with Crippen LogP contribution in [0.25, 0.3) is 11.4 Å². The lowest BCUT2D eigenvalue weighted by molar-refractivity contribution is 0.440. The number of aromatic nitrogens is 3. The Bertz CT molecular complexity index is 765. The third-order valence-electron chi connectivity index (χ3n) is 2.95. The zero-order chi connectivity index (χ0) is 13.9. The molecule has 2 heterocycles. The molecular formula is C15H12N4O. The molecule has 0 aliphatic carbocycles. The summed E-state index contributed by atoms with van der Waals surface area (Å²) in [6, 6.07) is 12.2. The second-order valence-electron chi connectivity index (χ2n) is 4.26. The van der Waals surface area contributed by atoms with E-state index >= 15 is 0 Å². The summed E-state index contributed by atoms with van der Waals surface area (Å²) in [6.45, 7) is 0.508. The highest BCUT2D eigenvalue weighted by molar-refractivity contribution is 5.63. The van der Waals surface area contributed by atoms with E-state index in [0.717, 1.165) is 11.1 Å². The SMILES string of the molecule is NCc1ccc(C#Cn2cnc3nccc-3c2O)cc1. The zero-order valence-electron chi connectivity index (χ0n) is 10.6. The highest BCUT2D eigenvalue weighted by Crippen LogP contribution is 2.26. The number of nitrogens with zero attached hydrogens (tertiary/aromatic N) is 3. The van der Waals surface area contributed by atoms with Gasteiger partial charge in [0.2, 0.25) is 5.88 Å². The molecule has 2 aliphatic rings. The summed E-state index contributed by atoms with van der Waals surface area (Å²) in [5.74, 6) is 3.51. The van der Waals surface area contributed by atoms with Crippen LogP contribution in [0.15, 0.2) is 42.9 Å². The van der Waals surface area contributed by atoms with Gasteiger partial charge >= 0.3 is 0 Å². The summed E-state index contributed by atoms with van der Waals surface area (Å²) >= 11 is 0. The van der Waals surface area contributed by atoms with Crippen molar-refractivity contribution in [3.63, 3.8) is 0 Å². The fourth-order valence-electron chi connectivity index (χ4n) is 1.83. The van der Waals surface area contributed by atoms with Crippen LogP contribution < -0.4 is 5.73 Å². The summed E-state index contributed by atoms with van der Waals surface area (Å²) in [6.07, 6.45) is 3.05. The molecule has 2 aliphatic heterocycles. The number of hydrogen-bond donors (Lipinski definition) is 2. The van der Waals surface area contributed by atoms with Gasteiger partial charge in [0.15, 0.2) is 5.82 Å². The molecule has 1 aromatic carbocycles. The highest BCUT2D eigenvalue weighted by Gasteiger charge is 2.12. The molecule has 1 aromatic rings. The van der Waals surface area contributed by atoms with Gasteiger partial charge in [-0.25, -0.2) is 14.5 Å². The maximum Gasteiger partial charge on any atom is 0.215 e. The van der Waals surface area contributed by atoms with E-state index in [1.165, 1.54) is 10.9 Å². The van der Waals surface area contributed by atoms with E-state index < -0.39 is 0 Å². The predicted molar refractivity (Wildman–Crippen MR) is 74.9 cm³/mol. The summed E-state index contributed by atoms with van der Waals surface area (Å²) in [7, 11) is 0. The number of hydrogen-bond acceptors (Lipinski definition) is 4. The Morgan fingerprint density at radius 2 is 1.95 bits per heavy atom. The smallest absolute Gasteiger partial charge is 0.215 e. The number of aromatic hydroxyl groups is 1. The van der Waals surface area contributed by atoms with E-state index in [1.807, 2.05) is 24.3 Å². The minimum absolute atomic E-state index is 0.0404. The van der Waals surface area contributed by atoms with E-state index in [0.29, 0.717) is 17.9 Å². The van der Waals surface area contributed by atoms with Crippen LogP contribution in [0.1, 0.15) is 11.1 Å². The van der Waals surface area contributed by atoms with Gasteiger partial charge in [0.1, 0.15) is 6.33 Å². The van der Waals surface area contributed by atoms with Crippen LogP contribution in [0.5, 0.6) is 5.88 Å². The lowest BCUT2D eigenvalue weighted by atomic mass is 10.1. The Morgan fingerprint density at radius 1 is 1.15 bits per heavy atom. The third kappa shape index (κ3) is 2.20. The minimum Gasteiger partial charge on any atom is -0.493 e. The minimum atomic E-state index is 0.0404. The molecule has 0 bridgehead atoms. The third-order valence-corrected chi connectivity index (χ3v) is 2.95. The van der Waals surface area contributed by atoms with E-state index in [1.54, 1.807) is 12.3 Å². The van der Waals surface area contributed by atoms with Gasteiger partial charge in [0, 0.05) is 24.3 Å². The first-order chi connectivity index (χ1) is 9.78. The second kappa shape index (κ2) is 5.03. The number of benzene rings is 1. The van der Waals surface area contributed by atoms with Gasteiger partial charge in [-0.1, -0.05) is 12.1 Å². The lowest BCUT2D eigenvalue weighted by Gasteiger charge is -2.04. The summed E-state index contributed by atoms with van der Waals surface area (Å²) in [5.41, 5.74) is 8.02. The maximum atomic E-state index is 10.1. The van der Waals surface area contributed by atoms with Gasteiger partial charge in [-0.15, -0.1) is 0 Å². The molecule has 3 rings (SSSR count). The van der Waals surface area contributed by atoms with Crippen LogP contribution in [-0.4, -0.2) is 19.6 Å². The van der Waals surface area contributed by atoms with Gasteiger partial charge in [-0.05, 0) is 29.7 Å². The highest BCUT2D eigenvalue weighted by atomic mass is 16.3. The Labute approximate surface area is 116 Å². The average Bonchev–Trinajstić information content (AvgIpc) is 2.96. The van der Waals surface area contributed by atoms with Crippen LogP contribution in [0.4, 0.5) is 0 Å². The van der Waals surface area contributed by atoms with Crippen molar-refractivity contribution in [1.82, 2.24) is 14.5 Å². The van der Waals surface area contributed by atoms with E-state index in [-0.39, 0.29) is 5.88 Å². The molecule has 0 saturated carbocycles. The molecule has 0 radical (unpaired) electrons. The normalized spacial score (nSPS) is 10.2. The van der Waals surface area contributed by atoms with E-state index in [2.05, 4.69) is 21.9 Å². The molecule has 3 N–H and O–H groups in total. The van der Waals surface area contributed by atoms with Crippen LogP contribution in [0.2, 0.25) is 0 Å². The van der Waals surface area contributed by atoms with Crippen molar-refractivity contribution in [1.29, 1.82) is 0 Å². The molecule has 0 atom stereocenters. The fourth-order valence-corrected chi connectivity index (χ4v) is 1.83. The van der Waals surface area contributed by atoms with Crippen molar-refractivity contribution in [2.45, 2.75) is 6.54 Å². The fraction of sp³-hybridized carbons (Fsp3) is 0.0667. The molecule has 20 heavy (non-hydrogen) atoms. The molecule has 98 valence electrons. The van der Waals surface area contributed by atoms with E-state index in [9.17, 15) is 5.11 Å². The average molecular weight is 264 g/mol. The molecule has 0 unspecified atom stereocenters. The molecule has 0 aromatic heterocycles. The summed E-state index contributed by atoms with van der Waals surface area (Å²) < 4.78 is 1.38. The van der Waals surface area contributed by atoms with Crippen molar-refractivity contribution < 1.29 is 5.11 Å². The van der Waals surface area contributed by atoms with Crippen LogP contribution in [-0.2, 0) is 6.54 Å². The molecule has 0 saturated heterocycles. The lowest BCUT2D eigenvalue weighted by Crippen LogP contribution is -1.97. The van der Waals surface area contributed by atoms with Crippen molar-refractivity contribution in [3.05, 3.63) is 54.0 Å². The van der Waals surface area contributed by atoms with Crippen molar-refractivity contribution in [2.24, 2.45) is 5.73 Å². The Balaban J connectivity index is 1.95. The number of rotatable bonds is 1. The standard InChI is InChI=1S/C15H12N4O/c16-9-12-3-1-11(2-4-12)6-8-19-10-18-14-13(15(19)20)5-7-17-14/h1-5,7,10,20H,9,16H2. The maximum absolute atomic E-state index is 10.1. The number of nitrogens with two attached hydrogens (primary N) is 1. The first-order valence-electron chi connectivity index (χ1n) is 6.10. The summed E-state index contributed by atoms with van der Waals surface area (Å²) in [5, 5.41) is 10.1. The van der Waals surface area contributed by atoms with Crippen molar-refractivity contribution in [2.75, 3.05) is 0 Å². The first kappa shape index (κ1) is 12.2. The van der Waals surface area contributed by atoms with Gasteiger partial charge in [0.05, 0.1) is 5.56 Å². The quantitative estimate of drug-likeness (QED) is 0.651. The molecule has 0 spiro atoms. The van der Waals surface area contributed by atoms with Crippen LogP contribution in [0.3, 0.4) is 0 Å². The largest absolute Gasteiger partial charge is 0.493 e. The predicted octanol–water partition coefficient (Wildman–Crippen LogP) is 1.40. The first-order valence-corrected chi connectivity index (χ1v) is 6.10. The van der Waals surface area contributed by atoms with Gasteiger partial charge in [-0.3, -0.25) is 0 Å². The van der Waals surface area contributed by atoms with Crippen LogP contribution >= 0.6 is 0 Å². The Kier molecular flexibility index (Phi) is 3.07. The Morgan fingerprint density at radius 3 is 2.70 bits per heavy atom. The molecule has 5 heteroatoms. The number of fused-ring (bicyclic) bond motifs is 1. The molecule has 0 fully saturated rings. The zero-order valence-corrected chi connectivity index (χ0v) is 10.6. The topological polar surface area (TPSA) is 77.0 Å². The monoisotopic (exact) mass is 264 g/mol. The van der Waals surface area contributed by atoms with Crippen LogP contribution in [0, 0.1) is 12.0 Å². The Hall–Kier alpha value is -2.84. The molecular weight excluding hydrogens is 252 g/mol. The van der Waals surface area contributed by atoms with Gasteiger partial charge in [-0.2, -0.15) is 0 Å². The van der Waals surface area contributed by atoms with E-state index in [4.69, 9.17) is 5.73 Å². The van der Waals surface area contributed by atoms with Gasteiger partial charge < -0.3 is 10.8 Å². The van der Waals surface area contributed by atoms with Gasteiger partial charge in [0.25, 0.3) is 0 Å². The summed E-state index contributed by atoms with van der Waals surface area (Å²) in [4.78, 5) is 8.13. The van der Waals surface area contributed by atoms with Crippen molar-refractivity contribution in [3.8, 4) is 29.2 Å². The molecule has 5 nitrogen and oxygen atoms in total. The van der Waals surface area contributed by atoms with Crippen molar-refractivity contribution >= 4 is 0 Å².